The summed E-state index contributed by atoms with van der Waals surface area (Å²) in [6, 6.07) is 4.74. The predicted molar refractivity (Wildman–Crippen MR) is 77.8 cm³/mol. The van der Waals surface area contributed by atoms with Gasteiger partial charge < -0.3 is 15.2 Å². The maximum Gasteiger partial charge on any atom is 0.228 e. The number of rotatable bonds is 3. The average Bonchev–Trinajstić information content (AvgIpc) is 3.03. The minimum Gasteiger partial charge on any atom is -0.550 e. The molecule has 0 saturated heterocycles. The highest BCUT2D eigenvalue weighted by Gasteiger charge is 2.48. The van der Waals surface area contributed by atoms with Gasteiger partial charge in [-0.25, -0.2) is 0 Å². The minimum atomic E-state index is -1.18. The van der Waals surface area contributed by atoms with Crippen LogP contribution < -0.4 is 10.4 Å². The second-order valence-corrected chi connectivity index (χ2v) is 6.28. The molecule has 21 heavy (non-hydrogen) atoms. The topological polar surface area (TPSA) is 69.2 Å². The van der Waals surface area contributed by atoms with Crippen LogP contribution >= 0.6 is 23.2 Å². The Kier molecular flexibility index (Phi) is 3.68. The van der Waals surface area contributed by atoms with Crippen LogP contribution in [0.25, 0.3) is 0 Å². The lowest BCUT2D eigenvalue weighted by Gasteiger charge is -2.28. The van der Waals surface area contributed by atoms with Crippen molar-refractivity contribution in [2.24, 2.45) is 23.7 Å². The Morgan fingerprint density at radius 1 is 1.14 bits per heavy atom. The third-order valence-corrected chi connectivity index (χ3v) is 4.79. The van der Waals surface area contributed by atoms with Crippen molar-refractivity contribution in [2.75, 3.05) is 5.32 Å². The van der Waals surface area contributed by atoms with Gasteiger partial charge in [0.1, 0.15) is 0 Å². The smallest absolute Gasteiger partial charge is 0.228 e. The number of nitrogens with one attached hydrogen (secondary N) is 1. The van der Waals surface area contributed by atoms with Crippen molar-refractivity contribution in [3.05, 3.63) is 40.4 Å². The highest BCUT2D eigenvalue weighted by molar-refractivity contribution is 6.35. The van der Waals surface area contributed by atoms with Crippen molar-refractivity contribution in [2.45, 2.75) is 6.42 Å². The van der Waals surface area contributed by atoms with Gasteiger partial charge >= 0.3 is 0 Å². The molecule has 1 fully saturated rings. The van der Waals surface area contributed by atoms with E-state index in [9.17, 15) is 14.7 Å². The Labute approximate surface area is 131 Å². The van der Waals surface area contributed by atoms with E-state index in [2.05, 4.69) is 5.32 Å². The number of fused-ring (bicyclic) bond motifs is 2. The number of hydrogen-bond acceptors (Lipinski definition) is 3. The van der Waals surface area contributed by atoms with Gasteiger partial charge in [-0.2, -0.15) is 0 Å². The molecule has 3 rings (SSSR count). The fraction of sp³-hybridized carbons (Fsp3) is 0.333. The van der Waals surface area contributed by atoms with Crippen molar-refractivity contribution in [1.82, 2.24) is 0 Å². The van der Waals surface area contributed by atoms with E-state index in [1.807, 2.05) is 12.2 Å². The maximum absolute atomic E-state index is 12.4. The molecule has 0 unspecified atom stereocenters. The van der Waals surface area contributed by atoms with Crippen molar-refractivity contribution in [3.63, 3.8) is 0 Å². The first kappa shape index (κ1) is 14.4. The van der Waals surface area contributed by atoms with Crippen molar-refractivity contribution >= 4 is 40.8 Å². The number of carboxylic acids is 1. The quantitative estimate of drug-likeness (QED) is 0.866. The molecule has 0 radical (unpaired) electrons. The molecule has 1 aromatic carbocycles. The van der Waals surface area contributed by atoms with E-state index < -0.39 is 17.8 Å². The Morgan fingerprint density at radius 3 is 2.48 bits per heavy atom. The van der Waals surface area contributed by atoms with E-state index in [0.717, 1.165) is 0 Å². The SMILES string of the molecule is O=C([O-])[C@@H]1[C@@H](C(=O)Nc2cc(Cl)ccc2Cl)[C@H]2C=C[C@H]1C2. The maximum atomic E-state index is 12.4. The second kappa shape index (κ2) is 5.35. The highest BCUT2D eigenvalue weighted by Crippen LogP contribution is 2.48. The van der Waals surface area contributed by atoms with E-state index in [1.54, 1.807) is 18.2 Å². The summed E-state index contributed by atoms with van der Waals surface area (Å²) >= 11 is 11.9. The first-order valence-electron chi connectivity index (χ1n) is 6.62. The average molecular weight is 325 g/mol. The number of halogens is 2. The summed E-state index contributed by atoms with van der Waals surface area (Å²) in [6.07, 6.45) is 4.45. The normalized spacial score (nSPS) is 29.6. The van der Waals surface area contributed by atoms with Gasteiger partial charge in [0.25, 0.3) is 0 Å². The molecule has 0 heterocycles. The Hall–Kier alpha value is -1.52. The number of hydrogen-bond donors (Lipinski definition) is 1. The van der Waals surface area contributed by atoms with Crippen LogP contribution in [0.3, 0.4) is 0 Å². The molecule has 2 aliphatic rings. The third kappa shape index (κ3) is 2.54. The number of anilines is 1. The van der Waals surface area contributed by atoms with E-state index in [0.29, 0.717) is 22.2 Å². The zero-order valence-corrected chi connectivity index (χ0v) is 12.4. The summed E-state index contributed by atoms with van der Waals surface area (Å²) in [7, 11) is 0. The molecular weight excluding hydrogens is 313 g/mol. The molecular formula is C15H12Cl2NO3-. The van der Waals surface area contributed by atoms with Crippen LogP contribution in [-0.2, 0) is 9.59 Å². The highest BCUT2D eigenvalue weighted by atomic mass is 35.5. The molecule has 2 aliphatic carbocycles. The molecule has 6 heteroatoms. The summed E-state index contributed by atoms with van der Waals surface area (Å²) in [6.45, 7) is 0. The lowest BCUT2D eigenvalue weighted by Crippen LogP contribution is -2.42. The van der Waals surface area contributed by atoms with Gasteiger partial charge in [0.15, 0.2) is 0 Å². The zero-order valence-electron chi connectivity index (χ0n) is 10.9. The Balaban J connectivity index is 1.83. The van der Waals surface area contributed by atoms with E-state index in [-0.39, 0.29) is 17.7 Å². The van der Waals surface area contributed by atoms with Crippen LogP contribution in [0.1, 0.15) is 6.42 Å². The summed E-state index contributed by atoms with van der Waals surface area (Å²) in [5.41, 5.74) is 0.387. The van der Waals surface area contributed by atoms with Crippen LogP contribution in [0.5, 0.6) is 0 Å². The second-order valence-electron chi connectivity index (χ2n) is 5.43. The number of allylic oxidation sites excluding steroid dienone is 2. The number of aliphatic carboxylic acids is 1. The Bertz CT molecular complexity index is 644. The van der Waals surface area contributed by atoms with Gasteiger partial charge in [0.05, 0.1) is 16.6 Å². The molecule has 0 spiro atoms. The van der Waals surface area contributed by atoms with E-state index in [4.69, 9.17) is 23.2 Å². The molecule has 4 nitrogen and oxygen atoms in total. The van der Waals surface area contributed by atoms with E-state index >= 15 is 0 Å². The van der Waals surface area contributed by atoms with Crippen molar-refractivity contribution in [1.29, 1.82) is 0 Å². The first-order chi connectivity index (χ1) is 9.97. The van der Waals surface area contributed by atoms with E-state index in [1.165, 1.54) is 0 Å². The van der Waals surface area contributed by atoms with Crippen molar-refractivity contribution in [3.8, 4) is 0 Å². The monoisotopic (exact) mass is 324 g/mol. The van der Waals surface area contributed by atoms with Crippen LogP contribution in [0.2, 0.25) is 10.0 Å². The third-order valence-electron chi connectivity index (χ3n) is 4.22. The number of benzene rings is 1. The molecule has 1 saturated carbocycles. The minimum absolute atomic E-state index is 0.0594. The fourth-order valence-electron chi connectivity index (χ4n) is 3.31. The van der Waals surface area contributed by atoms with Gasteiger partial charge in [0, 0.05) is 16.9 Å². The molecule has 1 amide bonds. The summed E-state index contributed by atoms with van der Waals surface area (Å²) in [5, 5.41) is 14.8. The standard InChI is InChI=1S/C15H13Cl2NO3/c16-9-3-4-10(17)11(6-9)18-14(19)12-7-1-2-8(5-7)13(12)15(20)21/h1-4,6-8,12-13H,5H2,(H,18,19)(H,20,21)/p-1/t7-,8-,12-,13-/m0/s1. The fourth-order valence-corrected chi connectivity index (χ4v) is 3.65. The zero-order chi connectivity index (χ0) is 15.1. The van der Waals surface area contributed by atoms with Gasteiger partial charge in [-0.05, 0) is 36.5 Å². The first-order valence-corrected chi connectivity index (χ1v) is 7.38. The summed E-state index contributed by atoms with van der Waals surface area (Å²) in [5.74, 6) is -3.12. The van der Waals surface area contributed by atoms with Crippen LogP contribution in [0.4, 0.5) is 5.69 Å². The molecule has 1 aromatic rings. The summed E-state index contributed by atoms with van der Waals surface area (Å²) in [4.78, 5) is 23.8. The molecule has 0 aliphatic heterocycles. The lowest BCUT2D eigenvalue weighted by atomic mass is 9.82. The van der Waals surface area contributed by atoms with Crippen LogP contribution in [-0.4, -0.2) is 11.9 Å². The number of carbonyl (C=O) groups is 2. The Morgan fingerprint density at radius 2 is 1.81 bits per heavy atom. The van der Waals surface area contributed by atoms with Crippen LogP contribution in [0, 0.1) is 23.7 Å². The largest absolute Gasteiger partial charge is 0.550 e. The molecule has 1 N–H and O–H groups in total. The van der Waals surface area contributed by atoms with Gasteiger partial charge in [-0.15, -0.1) is 0 Å². The molecule has 2 bridgehead atoms. The van der Waals surface area contributed by atoms with Crippen LogP contribution in [0.15, 0.2) is 30.4 Å². The van der Waals surface area contributed by atoms with Gasteiger partial charge in [-0.3, -0.25) is 4.79 Å². The molecule has 0 aromatic heterocycles. The number of amides is 1. The number of carboxylic acid groups (broad SMARTS) is 1. The molecule has 4 atom stereocenters. The van der Waals surface area contributed by atoms with Crippen molar-refractivity contribution < 1.29 is 14.7 Å². The van der Waals surface area contributed by atoms with Gasteiger partial charge in [-0.1, -0.05) is 35.4 Å². The lowest BCUT2D eigenvalue weighted by molar-refractivity contribution is -0.313. The summed E-state index contributed by atoms with van der Waals surface area (Å²) < 4.78 is 0. The molecule has 110 valence electrons. The van der Waals surface area contributed by atoms with Gasteiger partial charge in [0.2, 0.25) is 5.91 Å². The number of carbonyl (C=O) groups excluding carboxylic acids is 2. The predicted octanol–water partition coefficient (Wildman–Crippen LogP) is 2.12.